The first kappa shape index (κ1) is 24.9. The van der Waals surface area contributed by atoms with Crippen molar-refractivity contribution < 1.29 is 0 Å². The average Bonchev–Trinajstić information content (AvgIpc) is 3.03. The summed E-state index contributed by atoms with van der Waals surface area (Å²) in [5.74, 6) is 0. The molecule has 0 spiro atoms. The molecule has 1 nitrogen and oxygen atoms in total. The molecule has 0 aliphatic heterocycles. The summed E-state index contributed by atoms with van der Waals surface area (Å²) >= 11 is 0. The van der Waals surface area contributed by atoms with Crippen LogP contribution in [0.4, 0.5) is 0 Å². The monoisotopic (exact) mass is 547 g/mol. The molecule has 0 unspecified atom stereocenters. The van der Waals surface area contributed by atoms with Gasteiger partial charge in [0.2, 0.25) is 0 Å². The van der Waals surface area contributed by atoms with Crippen LogP contribution >= 0.6 is 15.8 Å². The molecule has 0 saturated heterocycles. The van der Waals surface area contributed by atoms with Crippen molar-refractivity contribution in [3.8, 4) is 0 Å². The Balaban J connectivity index is 1.62. The third-order valence-electron chi connectivity index (χ3n) is 7.17. The van der Waals surface area contributed by atoms with Crippen molar-refractivity contribution >= 4 is 69.5 Å². The van der Waals surface area contributed by atoms with E-state index >= 15 is 0 Å². The van der Waals surface area contributed by atoms with Gasteiger partial charge >= 0.3 is 0 Å². The highest BCUT2D eigenvalue weighted by atomic mass is 31.1. The normalized spacial score (nSPS) is 11.4. The lowest BCUT2D eigenvalue weighted by molar-refractivity contribution is 1.51. The van der Waals surface area contributed by atoms with Crippen LogP contribution in [0.3, 0.4) is 0 Å². The second-order valence-corrected chi connectivity index (χ2v) is 14.0. The van der Waals surface area contributed by atoms with Crippen LogP contribution in [-0.2, 0) is 0 Å². The standard InChI is InChI=1S/C37H27NP2/c1-5-16-29(17-6-1)39(30-18-7-2-8-19-30)36-26-25-35-33(27-28-15-13-14-24-34(28)38-35)37(36)40(31-20-9-3-10-21-31)32-22-11-4-12-23-32/h1-27H. The van der Waals surface area contributed by atoms with Gasteiger partial charge in [-0.1, -0.05) is 146 Å². The summed E-state index contributed by atoms with van der Waals surface area (Å²) in [5.41, 5.74) is 2.08. The minimum atomic E-state index is -0.859. The third kappa shape index (κ3) is 4.73. The lowest BCUT2D eigenvalue weighted by Gasteiger charge is -2.29. The van der Waals surface area contributed by atoms with E-state index in [1.807, 2.05) is 0 Å². The van der Waals surface area contributed by atoms with Gasteiger partial charge < -0.3 is 0 Å². The Morgan fingerprint density at radius 1 is 0.375 bits per heavy atom. The molecule has 0 aliphatic carbocycles. The Bertz CT molecular complexity index is 1810. The topological polar surface area (TPSA) is 12.9 Å². The minimum Gasteiger partial charge on any atom is -0.248 e. The maximum atomic E-state index is 5.17. The molecule has 6 aromatic carbocycles. The van der Waals surface area contributed by atoms with Gasteiger partial charge in [0.25, 0.3) is 0 Å². The number of fused-ring (bicyclic) bond motifs is 2. The molecule has 0 fully saturated rings. The fourth-order valence-corrected chi connectivity index (χ4v) is 10.8. The predicted molar refractivity (Wildman–Crippen MR) is 177 cm³/mol. The van der Waals surface area contributed by atoms with Crippen molar-refractivity contribution in [1.82, 2.24) is 4.98 Å². The summed E-state index contributed by atoms with van der Waals surface area (Å²) in [7, 11) is -1.67. The largest absolute Gasteiger partial charge is 0.248 e. The number of pyridine rings is 1. The van der Waals surface area contributed by atoms with Crippen LogP contribution in [0.5, 0.6) is 0 Å². The summed E-state index contributed by atoms with van der Waals surface area (Å²) in [6, 6.07) is 59.6. The van der Waals surface area contributed by atoms with Crippen LogP contribution in [0.15, 0.2) is 164 Å². The van der Waals surface area contributed by atoms with Gasteiger partial charge in [0.1, 0.15) is 0 Å². The van der Waals surface area contributed by atoms with Gasteiger partial charge in [0.05, 0.1) is 11.0 Å². The van der Waals surface area contributed by atoms with Gasteiger partial charge in [0.15, 0.2) is 0 Å². The molecule has 0 radical (unpaired) electrons. The highest BCUT2D eigenvalue weighted by Crippen LogP contribution is 2.41. The Kier molecular flexibility index (Phi) is 6.93. The number of para-hydroxylation sites is 1. The van der Waals surface area contributed by atoms with E-state index in [4.69, 9.17) is 4.98 Å². The fourth-order valence-electron chi connectivity index (χ4n) is 5.38. The molecule has 7 aromatic rings. The zero-order valence-electron chi connectivity index (χ0n) is 21.9. The van der Waals surface area contributed by atoms with Crippen LogP contribution in [0.25, 0.3) is 21.8 Å². The summed E-state index contributed by atoms with van der Waals surface area (Å²) in [4.78, 5) is 5.17. The number of aromatic nitrogens is 1. The van der Waals surface area contributed by atoms with Crippen LogP contribution in [0, 0.1) is 0 Å². The molecule has 0 amide bonds. The number of rotatable bonds is 6. The zero-order chi connectivity index (χ0) is 26.7. The van der Waals surface area contributed by atoms with E-state index in [9.17, 15) is 0 Å². The molecule has 7 rings (SSSR count). The van der Waals surface area contributed by atoms with Crippen molar-refractivity contribution in [2.75, 3.05) is 0 Å². The van der Waals surface area contributed by atoms with E-state index in [1.165, 1.54) is 42.6 Å². The Morgan fingerprint density at radius 2 is 0.825 bits per heavy atom. The zero-order valence-corrected chi connectivity index (χ0v) is 23.7. The molecule has 40 heavy (non-hydrogen) atoms. The number of hydrogen-bond acceptors (Lipinski definition) is 1. The second kappa shape index (κ2) is 11.1. The summed E-state index contributed by atoms with van der Waals surface area (Å²) in [5, 5.41) is 10.6. The summed E-state index contributed by atoms with van der Waals surface area (Å²) in [6.07, 6.45) is 0. The Hall–Kier alpha value is -4.15. The van der Waals surface area contributed by atoms with Gasteiger partial charge in [-0.05, 0) is 60.6 Å². The average molecular weight is 548 g/mol. The Labute approximate surface area is 237 Å². The van der Waals surface area contributed by atoms with Crippen molar-refractivity contribution in [3.05, 3.63) is 164 Å². The molecular formula is C37H27NP2. The smallest absolute Gasteiger partial charge is 0.0716 e. The predicted octanol–water partition coefficient (Wildman–Crippen LogP) is 6.90. The molecule has 0 N–H and O–H groups in total. The van der Waals surface area contributed by atoms with Crippen molar-refractivity contribution in [2.24, 2.45) is 0 Å². The first-order valence-electron chi connectivity index (χ1n) is 13.5. The molecule has 0 atom stereocenters. The van der Waals surface area contributed by atoms with Crippen molar-refractivity contribution in [3.63, 3.8) is 0 Å². The molecule has 3 heteroatoms. The number of hydrogen-bond donors (Lipinski definition) is 0. The van der Waals surface area contributed by atoms with Gasteiger partial charge in [-0.25, -0.2) is 4.98 Å². The number of benzene rings is 6. The second-order valence-electron chi connectivity index (χ2n) is 9.69. The number of nitrogens with zero attached hydrogens (tertiary/aromatic N) is 1. The molecule has 1 aromatic heterocycles. The van der Waals surface area contributed by atoms with Gasteiger partial charge in [-0.2, -0.15) is 0 Å². The van der Waals surface area contributed by atoms with Gasteiger partial charge in [-0.15, -0.1) is 0 Å². The quantitative estimate of drug-likeness (QED) is 0.163. The van der Waals surface area contributed by atoms with E-state index in [-0.39, 0.29) is 0 Å². The molecule has 190 valence electrons. The summed E-state index contributed by atoms with van der Waals surface area (Å²) < 4.78 is 0. The van der Waals surface area contributed by atoms with Crippen LogP contribution in [0.1, 0.15) is 0 Å². The van der Waals surface area contributed by atoms with E-state index in [1.54, 1.807) is 0 Å². The SMILES string of the molecule is c1ccc(P(c2ccccc2)c2ccc3nc4ccccc4cc3c2P(c2ccccc2)c2ccccc2)cc1. The van der Waals surface area contributed by atoms with Crippen molar-refractivity contribution in [1.29, 1.82) is 0 Å². The van der Waals surface area contributed by atoms with E-state index < -0.39 is 15.8 Å². The van der Waals surface area contributed by atoms with E-state index in [0.717, 1.165) is 11.0 Å². The van der Waals surface area contributed by atoms with Crippen LogP contribution < -0.4 is 31.8 Å². The third-order valence-corrected chi connectivity index (χ3v) is 12.4. The van der Waals surface area contributed by atoms with E-state index in [2.05, 4.69) is 164 Å². The highest BCUT2D eigenvalue weighted by Gasteiger charge is 2.28. The fraction of sp³-hybridized carbons (Fsp3) is 0. The van der Waals surface area contributed by atoms with Gasteiger partial charge in [-0.3, -0.25) is 0 Å². The Morgan fingerprint density at radius 3 is 1.35 bits per heavy atom. The summed E-state index contributed by atoms with van der Waals surface area (Å²) in [6.45, 7) is 0. The molecular weight excluding hydrogens is 520 g/mol. The minimum absolute atomic E-state index is 0.808. The maximum Gasteiger partial charge on any atom is 0.0716 e. The first-order valence-corrected chi connectivity index (χ1v) is 16.2. The molecule has 0 saturated carbocycles. The molecule has 1 heterocycles. The van der Waals surface area contributed by atoms with E-state index in [0.29, 0.717) is 0 Å². The maximum absolute atomic E-state index is 5.17. The highest BCUT2D eigenvalue weighted by molar-refractivity contribution is 7.85. The molecule has 0 aliphatic rings. The van der Waals surface area contributed by atoms with Gasteiger partial charge in [0, 0.05) is 16.1 Å². The van der Waals surface area contributed by atoms with Crippen LogP contribution in [0.2, 0.25) is 0 Å². The van der Waals surface area contributed by atoms with Crippen LogP contribution in [-0.4, -0.2) is 4.98 Å². The van der Waals surface area contributed by atoms with Crippen molar-refractivity contribution in [2.45, 2.75) is 0 Å². The first-order chi connectivity index (χ1) is 19.9. The lowest BCUT2D eigenvalue weighted by atomic mass is 10.1. The molecule has 0 bridgehead atoms. The lowest BCUT2D eigenvalue weighted by Crippen LogP contribution is -2.35.